The van der Waals surface area contributed by atoms with Crippen molar-refractivity contribution in [2.24, 2.45) is 0 Å². The van der Waals surface area contributed by atoms with Gasteiger partial charge in [-0.15, -0.1) is 0 Å². The monoisotopic (exact) mass is 250 g/mol. The van der Waals surface area contributed by atoms with Crippen LogP contribution in [0.2, 0.25) is 0 Å². The van der Waals surface area contributed by atoms with E-state index in [2.05, 4.69) is 0 Å². The summed E-state index contributed by atoms with van der Waals surface area (Å²) in [6.45, 7) is 0. The van der Waals surface area contributed by atoms with Crippen LogP contribution >= 0.6 is 0 Å². The molecule has 0 spiro atoms. The molecule has 0 radical (unpaired) electrons. The molecule has 1 unspecified atom stereocenters. The Bertz CT molecular complexity index is 574. The quantitative estimate of drug-likeness (QED) is 0.447. The summed E-state index contributed by atoms with van der Waals surface area (Å²) in [5, 5.41) is 37.6. The van der Waals surface area contributed by atoms with Gasteiger partial charge in [0.25, 0.3) is 5.69 Å². The molecule has 92 valence electrons. The van der Waals surface area contributed by atoms with Crippen molar-refractivity contribution in [1.82, 2.24) is 0 Å². The van der Waals surface area contributed by atoms with Crippen LogP contribution < -0.4 is 0 Å². The number of nitriles is 1. The average Bonchev–Trinajstić information content (AvgIpc) is 2.35. The minimum absolute atomic E-state index is 0.176. The molecule has 0 amide bonds. The number of carbonyl (C=O) groups excluding carboxylic acids is 1. The van der Waals surface area contributed by atoms with Gasteiger partial charge in [-0.05, 0) is 12.1 Å². The summed E-state index contributed by atoms with van der Waals surface area (Å²) in [6, 6.07) is 3.56. The zero-order valence-electron chi connectivity index (χ0n) is 8.73. The van der Waals surface area contributed by atoms with Crippen LogP contribution in [0.4, 0.5) is 5.69 Å². The third kappa shape index (κ3) is 2.16. The van der Waals surface area contributed by atoms with E-state index in [0.29, 0.717) is 0 Å². The SMILES string of the molecule is N#Cc1ccc(C=O)c(C(O)C(=O)O)c1[N+](=O)[O-]. The number of hydrogen-bond donors (Lipinski definition) is 2. The van der Waals surface area contributed by atoms with Crippen molar-refractivity contribution in [1.29, 1.82) is 5.26 Å². The molecule has 0 bridgehead atoms. The highest BCUT2D eigenvalue weighted by Gasteiger charge is 2.31. The van der Waals surface area contributed by atoms with E-state index < -0.39 is 33.8 Å². The molecule has 1 atom stereocenters. The molecule has 8 heteroatoms. The van der Waals surface area contributed by atoms with E-state index >= 15 is 0 Å². The van der Waals surface area contributed by atoms with Gasteiger partial charge in [0, 0.05) is 5.56 Å². The van der Waals surface area contributed by atoms with E-state index in [4.69, 9.17) is 10.4 Å². The molecular formula is C10H6N2O6. The van der Waals surface area contributed by atoms with E-state index in [9.17, 15) is 24.8 Å². The molecule has 1 aromatic rings. The van der Waals surface area contributed by atoms with Crippen LogP contribution in [0.3, 0.4) is 0 Å². The van der Waals surface area contributed by atoms with Gasteiger partial charge in [-0.3, -0.25) is 14.9 Å². The van der Waals surface area contributed by atoms with Crippen LogP contribution in [0, 0.1) is 21.4 Å². The number of carboxylic acids is 1. The maximum Gasteiger partial charge on any atom is 0.337 e. The van der Waals surface area contributed by atoms with Crippen molar-refractivity contribution in [3.8, 4) is 6.07 Å². The molecule has 0 fully saturated rings. The highest BCUT2D eigenvalue weighted by atomic mass is 16.6. The van der Waals surface area contributed by atoms with Crippen molar-refractivity contribution in [2.75, 3.05) is 0 Å². The molecule has 0 saturated heterocycles. The Morgan fingerprint density at radius 2 is 2.17 bits per heavy atom. The van der Waals surface area contributed by atoms with Crippen LogP contribution in [-0.4, -0.2) is 27.4 Å². The predicted molar refractivity (Wildman–Crippen MR) is 55.8 cm³/mol. The summed E-state index contributed by atoms with van der Waals surface area (Å²) in [4.78, 5) is 31.2. The summed E-state index contributed by atoms with van der Waals surface area (Å²) in [5.41, 5.74) is -2.35. The molecule has 0 saturated carbocycles. The maximum absolute atomic E-state index is 10.8. The van der Waals surface area contributed by atoms with Crippen LogP contribution in [0.25, 0.3) is 0 Å². The van der Waals surface area contributed by atoms with Gasteiger partial charge < -0.3 is 10.2 Å². The number of nitrogens with zero attached hydrogens (tertiary/aromatic N) is 2. The van der Waals surface area contributed by atoms with Gasteiger partial charge in [-0.1, -0.05) is 0 Å². The number of benzene rings is 1. The van der Waals surface area contributed by atoms with Gasteiger partial charge in [0.2, 0.25) is 0 Å². The number of carbonyl (C=O) groups is 2. The van der Waals surface area contributed by atoms with Crippen molar-refractivity contribution in [3.05, 3.63) is 38.9 Å². The maximum atomic E-state index is 10.8. The lowest BCUT2D eigenvalue weighted by Crippen LogP contribution is -2.15. The highest BCUT2D eigenvalue weighted by molar-refractivity contribution is 5.86. The van der Waals surface area contributed by atoms with Crippen LogP contribution in [0.15, 0.2) is 12.1 Å². The Balaban J connectivity index is 3.72. The van der Waals surface area contributed by atoms with E-state index in [1.165, 1.54) is 6.07 Å². The normalized spacial score (nSPS) is 11.3. The molecule has 18 heavy (non-hydrogen) atoms. The molecule has 8 nitrogen and oxygen atoms in total. The molecule has 2 N–H and O–H groups in total. The first kappa shape index (κ1) is 13.3. The fraction of sp³-hybridized carbons (Fsp3) is 0.100. The molecule has 0 aliphatic rings. The number of rotatable bonds is 4. The Labute approximate surface area is 99.8 Å². The summed E-state index contributed by atoms with van der Waals surface area (Å²) in [7, 11) is 0. The lowest BCUT2D eigenvalue weighted by Gasteiger charge is -2.09. The van der Waals surface area contributed by atoms with Crippen LogP contribution in [0.1, 0.15) is 27.6 Å². The lowest BCUT2D eigenvalue weighted by molar-refractivity contribution is -0.386. The topological polar surface area (TPSA) is 142 Å². The second-order valence-corrected chi connectivity index (χ2v) is 3.19. The molecule has 0 heterocycles. The van der Waals surface area contributed by atoms with E-state index in [0.717, 1.165) is 12.1 Å². The van der Waals surface area contributed by atoms with Crippen molar-refractivity contribution in [3.63, 3.8) is 0 Å². The number of hydrogen-bond acceptors (Lipinski definition) is 6. The molecule has 0 aliphatic heterocycles. The molecular weight excluding hydrogens is 244 g/mol. The number of aldehydes is 1. The number of nitro benzene ring substituents is 1. The number of aliphatic hydroxyl groups excluding tert-OH is 1. The summed E-state index contributed by atoms with van der Waals surface area (Å²) >= 11 is 0. The fourth-order valence-corrected chi connectivity index (χ4v) is 1.42. The van der Waals surface area contributed by atoms with E-state index in [-0.39, 0.29) is 11.8 Å². The Morgan fingerprint density at radius 1 is 1.56 bits per heavy atom. The summed E-state index contributed by atoms with van der Waals surface area (Å²) in [6.07, 6.45) is -2.07. The van der Waals surface area contributed by atoms with E-state index in [1.807, 2.05) is 0 Å². The summed E-state index contributed by atoms with van der Waals surface area (Å²) < 4.78 is 0. The van der Waals surface area contributed by atoms with Gasteiger partial charge in [-0.2, -0.15) is 5.26 Å². The van der Waals surface area contributed by atoms with E-state index in [1.54, 1.807) is 0 Å². The van der Waals surface area contributed by atoms with Gasteiger partial charge in [0.1, 0.15) is 11.6 Å². The second-order valence-electron chi connectivity index (χ2n) is 3.19. The number of nitro groups is 1. The standard InChI is InChI=1S/C10H6N2O6/c11-3-5-1-2-6(4-13)7(8(5)12(17)18)9(14)10(15)16/h1-2,4,9,14H,(H,15,16). The zero-order chi connectivity index (χ0) is 13.9. The predicted octanol–water partition coefficient (Wildman–Crippen LogP) is 0.397. The number of aliphatic carboxylic acids is 1. The molecule has 1 rings (SSSR count). The molecule has 0 aromatic heterocycles. The first-order valence-corrected chi connectivity index (χ1v) is 4.51. The van der Waals surface area contributed by atoms with Gasteiger partial charge in [0.05, 0.1) is 10.5 Å². The van der Waals surface area contributed by atoms with Crippen LogP contribution in [-0.2, 0) is 4.79 Å². The van der Waals surface area contributed by atoms with Crippen molar-refractivity contribution < 1.29 is 24.7 Å². The van der Waals surface area contributed by atoms with Gasteiger partial charge in [0.15, 0.2) is 12.4 Å². The van der Waals surface area contributed by atoms with Crippen molar-refractivity contribution >= 4 is 17.9 Å². The largest absolute Gasteiger partial charge is 0.479 e. The number of carboxylic acid groups (broad SMARTS) is 1. The highest BCUT2D eigenvalue weighted by Crippen LogP contribution is 2.31. The third-order valence-electron chi connectivity index (χ3n) is 2.19. The minimum Gasteiger partial charge on any atom is -0.479 e. The van der Waals surface area contributed by atoms with Crippen LogP contribution in [0.5, 0.6) is 0 Å². The zero-order valence-corrected chi connectivity index (χ0v) is 8.73. The smallest absolute Gasteiger partial charge is 0.337 e. The van der Waals surface area contributed by atoms with Gasteiger partial charge >= 0.3 is 5.97 Å². The third-order valence-corrected chi connectivity index (χ3v) is 2.19. The summed E-state index contributed by atoms with van der Waals surface area (Å²) in [5.74, 6) is -1.75. The average molecular weight is 250 g/mol. The Morgan fingerprint density at radius 3 is 2.56 bits per heavy atom. The van der Waals surface area contributed by atoms with Gasteiger partial charge in [-0.25, -0.2) is 4.79 Å². The Hall–Kier alpha value is -2.79. The minimum atomic E-state index is -2.25. The molecule has 1 aromatic carbocycles. The number of aliphatic hydroxyl groups is 1. The van der Waals surface area contributed by atoms with Crippen molar-refractivity contribution in [2.45, 2.75) is 6.10 Å². The fourth-order valence-electron chi connectivity index (χ4n) is 1.42. The first-order valence-electron chi connectivity index (χ1n) is 4.51. The Kier molecular flexibility index (Phi) is 3.71. The molecule has 0 aliphatic carbocycles. The first-order chi connectivity index (χ1) is 8.43. The second kappa shape index (κ2) is 5.03. The lowest BCUT2D eigenvalue weighted by atomic mass is 9.97.